The highest BCUT2D eigenvalue weighted by Gasteiger charge is 2.68. The van der Waals surface area contributed by atoms with Gasteiger partial charge in [0, 0.05) is 5.41 Å². The second kappa shape index (κ2) is 8.81. The fourth-order valence-corrected chi connectivity index (χ4v) is 12.7. The van der Waals surface area contributed by atoms with Gasteiger partial charge in [-0.15, -0.1) is 0 Å². The Kier molecular flexibility index (Phi) is 6.79. The molecule has 3 unspecified atom stereocenters. The van der Waals surface area contributed by atoms with Crippen molar-refractivity contribution >= 4 is 14.6 Å². The SMILES string of the molecule is CC1(C)CC[C@]2(C=O)CC[C@@]3(C)C(=CCC4[C@@]5(C)CCC(O[Si](C)(C)C(C)(C)C)C(C)(C)C5CC[C@]43C)[C@@H]2C1. The van der Waals surface area contributed by atoms with Gasteiger partial charge in [0.25, 0.3) is 0 Å². The lowest BCUT2D eigenvalue weighted by molar-refractivity contribution is -0.200. The molecule has 5 rings (SSSR count). The molecular formula is C36H62O2Si. The quantitative estimate of drug-likeness (QED) is 0.197. The van der Waals surface area contributed by atoms with Crippen LogP contribution in [0.15, 0.2) is 11.6 Å². The Hall–Kier alpha value is -0.413. The summed E-state index contributed by atoms with van der Waals surface area (Å²) in [5.74, 6) is 1.87. The molecule has 0 radical (unpaired) electrons. The zero-order valence-corrected chi connectivity index (χ0v) is 28.9. The molecule has 0 saturated heterocycles. The van der Waals surface area contributed by atoms with Crippen LogP contribution in [0.1, 0.15) is 133 Å². The van der Waals surface area contributed by atoms with Crippen molar-refractivity contribution < 1.29 is 9.22 Å². The number of hydrogen-bond donors (Lipinski definition) is 0. The third-order valence-electron chi connectivity index (χ3n) is 15.1. The van der Waals surface area contributed by atoms with Crippen LogP contribution in [0.4, 0.5) is 0 Å². The maximum atomic E-state index is 12.7. The molecule has 5 aliphatic carbocycles. The summed E-state index contributed by atoms with van der Waals surface area (Å²) in [6.45, 7) is 30.1. The van der Waals surface area contributed by atoms with Crippen LogP contribution in [-0.4, -0.2) is 20.7 Å². The molecule has 39 heavy (non-hydrogen) atoms. The van der Waals surface area contributed by atoms with Gasteiger partial charge in [-0.1, -0.05) is 80.9 Å². The highest BCUT2D eigenvalue weighted by Crippen LogP contribution is 2.75. The molecule has 4 saturated carbocycles. The zero-order chi connectivity index (χ0) is 29.1. The minimum atomic E-state index is -1.82. The number of carbonyl (C=O) groups is 1. The van der Waals surface area contributed by atoms with E-state index in [4.69, 9.17) is 4.43 Å². The number of rotatable bonds is 3. The first-order chi connectivity index (χ1) is 17.7. The topological polar surface area (TPSA) is 26.3 Å². The van der Waals surface area contributed by atoms with Gasteiger partial charge in [-0.2, -0.15) is 0 Å². The van der Waals surface area contributed by atoms with E-state index in [0.717, 1.165) is 12.8 Å². The summed E-state index contributed by atoms with van der Waals surface area (Å²) in [5, 5.41) is 0.250. The van der Waals surface area contributed by atoms with Gasteiger partial charge in [-0.3, -0.25) is 0 Å². The van der Waals surface area contributed by atoms with Crippen molar-refractivity contribution in [1.82, 2.24) is 0 Å². The first-order valence-electron chi connectivity index (χ1n) is 16.5. The van der Waals surface area contributed by atoms with Gasteiger partial charge < -0.3 is 9.22 Å². The van der Waals surface area contributed by atoms with Crippen molar-refractivity contribution in [1.29, 1.82) is 0 Å². The van der Waals surface area contributed by atoms with Crippen molar-refractivity contribution in [2.45, 2.75) is 158 Å². The Bertz CT molecular complexity index is 1030. The molecular weight excluding hydrogens is 492 g/mol. The summed E-state index contributed by atoms with van der Waals surface area (Å²) < 4.78 is 7.22. The number of allylic oxidation sites excluding steroid dienone is 2. The van der Waals surface area contributed by atoms with Crippen molar-refractivity contribution in [3.63, 3.8) is 0 Å². The lowest BCUT2D eigenvalue weighted by atomic mass is 9.33. The second-order valence-electron chi connectivity index (χ2n) is 18.8. The lowest BCUT2D eigenvalue weighted by Crippen LogP contribution is -2.65. The number of aldehydes is 1. The number of fused-ring (bicyclic) bond motifs is 7. The average molecular weight is 555 g/mol. The van der Waals surface area contributed by atoms with Gasteiger partial charge in [0.15, 0.2) is 8.32 Å². The lowest BCUT2D eigenvalue weighted by Gasteiger charge is -2.71. The van der Waals surface area contributed by atoms with E-state index in [-0.39, 0.29) is 21.3 Å². The number of carbonyl (C=O) groups excluding carboxylic acids is 1. The van der Waals surface area contributed by atoms with Crippen molar-refractivity contribution in [2.75, 3.05) is 0 Å². The maximum Gasteiger partial charge on any atom is 0.192 e. The maximum absolute atomic E-state index is 12.7. The zero-order valence-electron chi connectivity index (χ0n) is 27.9. The van der Waals surface area contributed by atoms with E-state index in [9.17, 15) is 4.79 Å². The van der Waals surface area contributed by atoms with E-state index in [1.807, 2.05) is 0 Å². The highest BCUT2D eigenvalue weighted by molar-refractivity contribution is 6.74. The van der Waals surface area contributed by atoms with Crippen LogP contribution in [0, 0.1) is 50.2 Å². The molecule has 5 aliphatic rings. The Morgan fingerprint density at radius 3 is 2.13 bits per heavy atom. The van der Waals surface area contributed by atoms with Gasteiger partial charge in [0.2, 0.25) is 0 Å². The molecule has 8 atom stereocenters. The van der Waals surface area contributed by atoms with Crippen LogP contribution < -0.4 is 0 Å². The molecule has 0 amide bonds. The molecule has 0 aromatic rings. The molecule has 0 N–H and O–H groups in total. The molecule has 4 fully saturated rings. The van der Waals surface area contributed by atoms with Crippen molar-refractivity contribution in [2.24, 2.45) is 50.2 Å². The van der Waals surface area contributed by atoms with E-state index in [0.29, 0.717) is 40.1 Å². The van der Waals surface area contributed by atoms with Gasteiger partial charge in [0.1, 0.15) is 6.29 Å². The van der Waals surface area contributed by atoms with Gasteiger partial charge in [-0.05, 0) is 127 Å². The molecule has 0 aromatic carbocycles. The fourth-order valence-electron chi connectivity index (χ4n) is 11.2. The highest BCUT2D eigenvalue weighted by atomic mass is 28.4. The molecule has 0 bridgehead atoms. The Balaban J connectivity index is 1.49. The summed E-state index contributed by atoms with van der Waals surface area (Å²) in [7, 11) is -1.82. The molecule has 2 nitrogen and oxygen atoms in total. The third kappa shape index (κ3) is 4.11. The van der Waals surface area contributed by atoms with Crippen LogP contribution in [0.2, 0.25) is 18.1 Å². The molecule has 0 aromatic heterocycles. The van der Waals surface area contributed by atoms with E-state index in [2.05, 4.69) is 88.4 Å². The normalized spacial score (nSPS) is 47.1. The fraction of sp³-hybridized carbons (Fsp3) is 0.917. The predicted octanol–water partition coefficient (Wildman–Crippen LogP) is 10.4. The van der Waals surface area contributed by atoms with Crippen LogP contribution in [-0.2, 0) is 9.22 Å². The van der Waals surface area contributed by atoms with E-state index >= 15 is 0 Å². The van der Waals surface area contributed by atoms with Gasteiger partial charge in [-0.25, -0.2) is 0 Å². The molecule has 3 heteroatoms. The second-order valence-corrected chi connectivity index (χ2v) is 23.5. The Labute approximate surface area is 243 Å². The standard InChI is InChI=1S/C36H62O2Si/c1-30(2,3)39(11,12)38-29-16-17-33(8)27(32(29,6)7)15-18-35(10)28(33)14-13-25-26-23-31(4,5)19-21-36(26,24-37)22-20-34(25,35)9/h13,24,26-29H,14-23H2,1-12H3/t26-,27?,28?,29?,33-,34-,35+,36+/m0/s1. The van der Waals surface area contributed by atoms with Crippen LogP contribution in [0.3, 0.4) is 0 Å². The summed E-state index contributed by atoms with van der Waals surface area (Å²) >= 11 is 0. The van der Waals surface area contributed by atoms with Gasteiger partial charge in [0.05, 0.1) is 6.10 Å². The summed E-state index contributed by atoms with van der Waals surface area (Å²) in [4.78, 5) is 12.7. The summed E-state index contributed by atoms with van der Waals surface area (Å²) in [5.41, 5.74) is 3.00. The average Bonchev–Trinajstić information content (AvgIpc) is 2.80. The molecule has 222 valence electrons. The third-order valence-corrected chi connectivity index (χ3v) is 19.6. The first kappa shape index (κ1) is 30.1. The minimum absolute atomic E-state index is 0.105. The Morgan fingerprint density at radius 2 is 1.51 bits per heavy atom. The van der Waals surface area contributed by atoms with Gasteiger partial charge >= 0.3 is 0 Å². The van der Waals surface area contributed by atoms with Crippen LogP contribution >= 0.6 is 0 Å². The molecule has 0 spiro atoms. The first-order valence-corrected chi connectivity index (χ1v) is 19.4. The van der Waals surface area contributed by atoms with Crippen molar-refractivity contribution in [3.05, 3.63) is 11.6 Å². The van der Waals surface area contributed by atoms with Crippen LogP contribution in [0.5, 0.6) is 0 Å². The monoisotopic (exact) mass is 554 g/mol. The largest absolute Gasteiger partial charge is 0.413 e. The molecule has 0 aliphatic heterocycles. The summed E-state index contributed by atoms with van der Waals surface area (Å²) in [6, 6.07) is 0. The summed E-state index contributed by atoms with van der Waals surface area (Å²) in [6.07, 6.45) is 16.6. The van der Waals surface area contributed by atoms with E-state index in [1.54, 1.807) is 5.57 Å². The predicted molar refractivity (Wildman–Crippen MR) is 167 cm³/mol. The van der Waals surface area contributed by atoms with Crippen LogP contribution in [0.25, 0.3) is 0 Å². The molecule has 0 heterocycles. The van der Waals surface area contributed by atoms with E-state index < -0.39 is 8.32 Å². The van der Waals surface area contributed by atoms with E-state index in [1.165, 1.54) is 57.7 Å². The number of hydrogen-bond acceptors (Lipinski definition) is 2. The Morgan fingerprint density at radius 1 is 0.872 bits per heavy atom. The van der Waals surface area contributed by atoms with Crippen molar-refractivity contribution in [3.8, 4) is 0 Å². The smallest absolute Gasteiger partial charge is 0.192 e. The minimum Gasteiger partial charge on any atom is -0.413 e.